The van der Waals surface area contributed by atoms with Crippen LogP contribution in [0.15, 0.2) is 48.5 Å². The van der Waals surface area contributed by atoms with Crippen molar-refractivity contribution in [1.29, 1.82) is 0 Å². The Morgan fingerprint density at radius 1 is 1.00 bits per heavy atom. The fourth-order valence-electron chi connectivity index (χ4n) is 2.85. The van der Waals surface area contributed by atoms with Gasteiger partial charge in [0.25, 0.3) is 5.91 Å². The summed E-state index contributed by atoms with van der Waals surface area (Å²) >= 11 is 5.28. The molecule has 6 heteroatoms. The Morgan fingerprint density at radius 2 is 1.73 bits per heavy atom. The molecule has 0 aliphatic rings. The Hall–Kier alpha value is -2.60. The van der Waals surface area contributed by atoms with Gasteiger partial charge in [-0.2, -0.15) is 0 Å². The minimum Gasteiger partial charge on any atom is -0.494 e. The van der Waals surface area contributed by atoms with Crippen molar-refractivity contribution in [1.82, 2.24) is 5.32 Å². The quantitative estimate of drug-likeness (QED) is 0.342. The van der Waals surface area contributed by atoms with Crippen LogP contribution in [-0.4, -0.2) is 23.7 Å². The molecule has 0 bridgehead atoms. The van der Waals surface area contributed by atoms with Gasteiger partial charge in [0.05, 0.1) is 12.7 Å². The molecule has 0 aliphatic carbocycles. The fraction of sp³-hybridized carbons (Fsp3) is 0.417. The number of thiocarbonyl (C=S) groups is 1. The lowest BCUT2D eigenvalue weighted by molar-refractivity contribution is 0.0977. The number of benzene rings is 2. The third kappa shape index (κ3) is 8.82. The Morgan fingerprint density at radius 3 is 2.43 bits per heavy atom. The normalized spacial score (nSPS) is 10.5. The number of hydrogen-bond acceptors (Lipinski definition) is 4. The van der Waals surface area contributed by atoms with Crippen LogP contribution in [0.3, 0.4) is 0 Å². The lowest BCUT2D eigenvalue weighted by Gasteiger charge is -2.12. The second-order valence-electron chi connectivity index (χ2n) is 7.39. The zero-order chi connectivity index (χ0) is 21.8. The molecule has 0 aliphatic heterocycles. The van der Waals surface area contributed by atoms with Gasteiger partial charge < -0.3 is 14.8 Å². The molecule has 30 heavy (non-hydrogen) atoms. The zero-order valence-electron chi connectivity index (χ0n) is 18.1. The highest BCUT2D eigenvalue weighted by molar-refractivity contribution is 7.80. The fourth-order valence-corrected chi connectivity index (χ4v) is 3.06. The number of nitrogens with one attached hydrogen (secondary N) is 2. The number of unbranched alkanes of at least 4 members (excludes halogenated alkanes) is 4. The molecule has 162 valence electrons. The Bertz CT molecular complexity index is 806. The van der Waals surface area contributed by atoms with E-state index < -0.39 is 0 Å². The van der Waals surface area contributed by atoms with E-state index >= 15 is 0 Å². The SMILES string of the molecule is CCCCCCCOc1cccc(NC(=S)NC(=O)c2ccc(OC(C)C)cc2)c1. The van der Waals surface area contributed by atoms with Crippen molar-refractivity contribution in [3.63, 3.8) is 0 Å². The van der Waals surface area contributed by atoms with Crippen molar-refractivity contribution in [3.05, 3.63) is 54.1 Å². The molecule has 0 saturated carbocycles. The first kappa shape index (κ1) is 23.7. The van der Waals surface area contributed by atoms with Crippen molar-refractivity contribution in [2.45, 2.75) is 59.0 Å². The standard InChI is InChI=1S/C24H32N2O3S/c1-4-5-6-7-8-16-28-22-11-9-10-20(17-22)25-24(30)26-23(27)19-12-14-21(15-13-19)29-18(2)3/h9-15,17-18H,4-8,16H2,1-3H3,(H2,25,26,27,30). The minimum absolute atomic E-state index is 0.0854. The highest BCUT2D eigenvalue weighted by Crippen LogP contribution is 2.18. The summed E-state index contributed by atoms with van der Waals surface area (Å²) in [6, 6.07) is 14.5. The number of hydrogen-bond donors (Lipinski definition) is 2. The van der Waals surface area contributed by atoms with Gasteiger partial charge >= 0.3 is 0 Å². The van der Waals surface area contributed by atoms with Crippen molar-refractivity contribution in [2.24, 2.45) is 0 Å². The van der Waals surface area contributed by atoms with Crippen LogP contribution in [-0.2, 0) is 0 Å². The molecular formula is C24H32N2O3S. The predicted molar refractivity (Wildman–Crippen MR) is 127 cm³/mol. The topological polar surface area (TPSA) is 59.6 Å². The third-order valence-corrected chi connectivity index (χ3v) is 4.53. The summed E-state index contributed by atoms with van der Waals surface area (Å²) in [6.07, 6.45) is 6.09. The maximum absolute atomic E-state index is 12.4. The van der Waals surface area contributed by atoms with E-state index in [1.807, 2.05) is 38.1 Å². The second kappa shape index (κ2) is 12.9. The molecule has 0 unspecified atom stereocenters. The molecule has 2 N–H and O–H groups in total. The monoisotopic (exact) mass is 428 g/mol. The molecule has 0 fully saturated rings. The number of amides is 1. The second-order valence-corrected chi connectivity index (χ2v) is 7.80. The third-order valence-electron chi connectivity index (χ3n) is 4.32. The molecule has 0 heterocycles. The van der Waals surface area contributed by atoms with E-state index in [9.17, 15) is 4.79 Å². The molecule has 5 nitrogen and oxygen atoms in total. The minimum atomic E-state index is -0.275. The van der Waals surface area contributed by atoms with E-state index in [4.69, 9.17) is 21.7 Å². The highest BCUT2D eigenvalue weighted by atomic mass is 32.1. The summed E-state index contributed by atoms with van der Waals surface area (Å²) < 4.78 is 11.4. The Labute approximate surface area is 185 Å². The zero-order valence-corrected chi connectivity index (χ0v) is 18.9. The Balaban J connectivity index is 1.80. The molecule has 1 amide bonds. The molecule has 0 spiro atoms. The highest BCUT2D eigenvalue weighted by Gasteiger charge is 2.09. The first-order chi connectivity index (χ1) is 14.5. The summed E-state index contributed by atoms with van der Waals surface area (Å²) in [5.74, 6) is 1.23. The van der Waals surface area contributed by atoms with Crippen LogP contribution in [0.4, 0.5) is 5.69 Å². The van der Waals surface area contributed by atoms with E-state index in [0.717, 1.165) is 23.6 Å². The number of carbonyl (C=O) groups excluding carboxylic acids is 1. The molecular weight excluding hydrogens is 396 g/mol. The van der Waals surface area contributed by atoms with Gasteiger partial charge in [0.1, 0.15) is 11.5 Å². The molecule has 2 aromatic carbocycles. The van der Waals surface area contributed by atoms with E-state index in [0.29, 0.717) is 12.2 Å². The summed E-state index contributed by atoms with van der Waals surface area (Å²) in [5.41, 5.74) is 1.28. The summed E-state index contributed by atoms with van der Waals surface area (Å²) in [7, 11) is 0. The van der Waals surface area contributed by atoms with Gasteiger partial charge in [-0.1, -0.05) is 38.7 Å². The lowest BCUT2D eigenvalue weighted by atomic mass is 10.2. The van der Waals surface area contributed by atoms with Gasteiger partial charge in [0.15, 0.2) is 5.11 Å². The van der Waals surface area contributed by atoms with Crippen LogP contribution in [0.2, 0.25) is 0 Å². The van der Waals surface area contributed by atoms with Crippen LogP contribution in [0.25, 0.3) is 0 Å². The molecule has 0 radical (unpaired) electrons. The molecule has 2 aromatic rings. The summed E-state index contributed by atoms with van der Waals surface area (Å²) in [5, 5.41) is 5.96. The van der Waals surface area contributed by atoms with Crippen molar-refractivity contribution < 1.29 is 14.3 Å². The summed E-state index contributed by atoms with van der Waals surface area (Å²) in [6.45, 7) is 6.82. The van der Waals surface area contributed by atoms with Crippen LogP contribution in [0, 0.1) is 0 Å². The number of ether oxygens (including phenoxy) is 2. The van der Waals surface area contributed by atoms with Crippen LogP contribution in [0.1, 0.15) is 63.2 Å². The van der Waals surface area contributed by atoms with Gasteiger partial charge in [0.2, 0.25) is 0 Å². The van der Waals surface area contributed by atoms with Gasteiger partial charge in [-0.3, -0.25) is 10.1 Å². The van der Waals surface area contributed by atoms with Crippen molar-refractivity contribution in [2.75, 3.05) is 11.9 Å². The lowest BCUT2D eigenvalue weighted by Crippen LogP contribution is -2.34. The average Bonchev–Trinajstić information content (AvgIpc) is 2.71. The van der Waals surface area contributed by atoms with Gasteiger partial charge in [-0.15, -0.1) is 0 Å². The van der Waals surface area contributed by atoms with Gasteiger partial charge in [-0.25, -0.2) is 0 Å². The van der Waals surface area contributed by atoms with Crippen LogP contribution >= 0.6 is 12.2 Å². The summed E-state index contributed by atoms with van der Waals surface area (Å²) in [4.78, 5) is 12.4. The maximum Gasteiger partial charge on any atom is 0.257 e. The first-order valence-corrected chi connectivity index (χ1v) is 11.0. The largest absolute Gasteiger partial charge is 0.494 e. The molecule has 0 atom stereocenters. The average molecular weight is 429 g/mol. The van der Waals surface area contributed by atoms with Gasteiger partial charge in [0, 0.05) is 17.3 Å². The van der Waals surface area contributed by atoms with Gasteiger partial charge in [-0.05, 0) is 68.9 Å². The predicted octanol–water partition coefficient (Wildman–Crippen LogP) is 5.95. The van der Waals surface area contributed by atoms with Crippen LogP contribution < -0.4 is 20.1 Å². The molecule has 2 rings (SSSR count). The van der Waals surface area contributed by atoms with E-state index in [1.54, 1.807) is 24.3 Å². The van der Waals surface area contributed by atoms with E-state index in [-0.39, 0.29) is 17.1 Å². The number of carbonyl (C=O) groups is 1. The maximum atomic E-state index is 12.4. The van der Waals surface area contributed by atoms with E-state index in [1.165, 1.54) is 25.7 Å². The first-order valence-electron chi connectivity index (χ1n) is 10.6. The molecule has 0 saturated heterocycles. The number of rotatable bonds is 11. The van der Waals surface area contributed by atoms with Crippen molar-refractivity contribution in [3.8, 4) is 11.5 Å². The van der Waals surface area contributed by atoms with E-state index in [2.05, 4.69) is 17.6 Å². The smallest absolute Gasteiger partial charge is 0.257 e. The number of anilines is 1. The van der Waals surface area contributed by atoms with Crippen LogP contribution in [0.5, 0.6) is 11.5 Å². The van der Waals surface area contributed by atoms with Crippen molar-refractivity contribution >= 4 is 28.9 Å². The Kier molecular flexibility index (Phi) is 10.1. The molecule has 0 aromatic heterocycles.